The second kappa shape index (κ2) is 7.46. The molecule has 1 atom stereocenters. The lowest BCUT2D eigenvalue weighted by molar-refractivity contribution is 0.0738. The Balaban J connectivity index is 1.81. The Labute approximate surface area is 112 Å². The van der Waals surface area contributed by atoms with Gasteiger partial charge in [-0.2, -0.15) is 0 Å². The standard InChI is InChI=1S/C15H30N2O/c1-17(14-7-5-3-4-6-8-14)15(12-18-2)11-16-13-9-10-13/h13-16H,3-12H2,1-2H3. The van der Waals surface area contributed by atoms with E-state index in [1.807, 2.05) is 7.11 Å². The van der Waals surface area contributed by atoms with Gasteiger partial charge in [0, 0.05) is 31.8 Å². The third-order valence-electron chi connectivity index (χ3n) is 4.56. The van der Waals surface area contributed by atoms with Gasteiger partial charge in [0.05, 0.1) is 6.61 Å². The lowest BCUT2D eigenvalue weighted by Crippen LogP contribution is -2.48. The van der Waals surface area contributed by atoms with Gasteiger partial charge in [0.25, 0.3) is 0 Å². The molecule has 0 aromatic rings. The zero-order chi connectivity index (χ0) is 12.8. The van der Waals surface area contributed by atoms with Crippen molar-refractivity contribution >= 4 is 0 Å². The molecular weight excluding hydrogens is 224 g/mol. The molecule has 1 N–H and O–H groups in total. The first-order chi connectivity index (χ1) is 8.81. The van der Waals surface area contributed by atoms with Crippen LogP contribution in [0.2, 0.25) is 0 Å². The van der Waals surface area contributed by atoms with Gasteiger partial charge in [-0.25, -0.2) is 0 Å². The quantitative estimate of drug-likeness (QED) is 0.706. The molecule has 0 bridgehead atoms. The first kappa shape index (κ1) is 14.3. The van der Waals surface area contributed by atoms with Gasteiger partial charge in [0.2, 0.25) is 0 Å². The normalized spacial score (nSPS) is 24.2. The molecule has 0 aromatic heterocycles. The van der Waals surface area contributed by atoms with Crippen molar-refractivity contribution in [2.24, 2.45) is 0 Å². The van der Waals surface area contributed by atoms with E-state index in [1.165, 1.54) is 51.4 Å². The van der Waals surface area contributed by atoms with Crippen LogP contribution >= 0.6 is 0 Å². The molecule has 0 spiro atoms. The van der Waals surface area contributed by atoms with Gasteiger partial charge in [-0.3, -0.25) is 4.90 Å². The molecule has 3 heteroatoms. The maximum absolute atomic E-state index is 5.42. The van der Waals surface area contributed by atoms with Crippen LogP contribution in [0.15, 0.2) is 0 Å². The Kier molecular flexibility index (Phi) is 5.93. The van der Waals surface area contributed by atoms with Crippen molar-refractivity contribution in [2.75, 3.05) is 27.3 Å². The van der Waals surface area contributed by atoms with Crippen molar-refractivity contribution in [1.82, 2.24) is 10.2 Å². The molecule has 1 unspecified atom stereocenters. The minimum absolute atomic E-state index is 0.540. The van der Waals surface area contributed by atoms with E-state index in [2.05, 4.69) is 17.3 Å². The van der Waals surface area contributed by atoms with Gasteiger partial charge >= 0.3 is 0 Å². The zero-order valence-corrected chi connectivity index (χ0v) is 12.2. The van der Waals surface area contributed by atoms with Crippen LogP contribution in [-0.2, 0) is 4.74 Å². The SMILES string of the molecule is COCC(CNC1CC1)N(C)C1CCCCCC1. The van der Waals surface area contributed by atoms with Gasteiger partial charge < -0.3 is 10.1 Å². The fourth-order valence-corrected chi connectivity index (χ4v) is 3.07. The van der Waals surface area contributed by atoms with E-state index in [1.54, 1.807) is 0 Å². The summed E-state index contributed by atoms with van der Waals surface area (Å²) in [6.45, 7) is 1.94. The first-order valence-corrected chi connectivity index (χ1v) is 7.75. The van der Waals surface area contributed by atoms with Crippen molar-refractivity contribution in [2.45, 2.75) is 69.5 Å². The summed E-state index contributed by atoms with van der Waals surface area (Å²) in [7, 11) is 4.12. The first-order valence-electron chi connectivity index (χ1n) is 7.75. The largest absolute Gasteiger partial charge is 0.383 e. The smallest absolute Gasteiger partial charge is 0.0630 e. The van der Waals surface area contributed by atoms with E-state index >= 15 is 0 Å². The van der Waals surface area contributed by atoms with Crippen LogP contribution in [0.3, 0.4) is 0 Å². The van der Waals surface area contributed by atoms with Crippen molar-refractivity contribution in [3.05, 3.63) is 0 Å². The van der Waals surface area contributed by atoms with E-state index < -0.39 is 0 Å². The zero-order valence-electron chi connectivity index (χ0n) is 12.2. The monoisotopic (exact) mass is 254 g/mol. The Morgan fingerprint density at radius 1 is 1.11 bits per heavy atom. The van der Waals surface area contributed by atoms with E-state index in [-0.39, 0.29) is 0 Å². The Hall–Kier alpha value is -0.120. The van der Waals surface area contributed by atoms with Gasteiger partial charge in [-0.1, -0.05) is 25.7 Å². The van der Waals surface area contributed by atoms with Crippen molar-refractivity contribution < 1.29 is 4.74 Å². The summed E-state index contributed by atoms with van der Waals surface area (Å²) < 4.78 is 5.42. The fourth-order valence-electron chi connectivity index (χ4n) is 3.07. The molecular formula is C15H30N2O. The van der Waals surface area contributed by atoms with E-state index in [9.17, 15) is 0 Å². The summed E-state index contributed by atoms with van der Waals surface area (Å²) in [5, 5.41) is 3.66. The summed E-state index contributed by atoms with van der Waals surface area (Å²) in [4.78, 5) is 2.59. The lowest BCUT2D eigenvalue weighted by Gasteiger charge is -2.34. The topological polar surface area (TPSA) is 24.5 Å². The predicted octanol–water partition coefficient (Wildman–Crippen LogP) is 2.41. The summed E-state index contributed by atoms with van der Waals surface area (Å²) in [5.74, 6) is 0. The van der Waals surface area contributed by atoms with Crippen LogP contribution in [0.1, 0.15) is 51.4 Å². The van der Waals surface area contributed by atoms with Crippen molar-refractivity contribution in [3.8, 4) is 0 Å². The number of likely N-dealkylation sites (N-methyl/N-ethyl adjacent to an activating group) is 1. The molecule has 2 fully saturated rings. The molecule has 0 heterocycles. The average Bonchev–Trinajstić information content (AvgIpc) is 3.19. The predicted molar refractivity (Wildman–Crippen MR) is 75.9 cm³/mol. The average molecular weight is 254 g/mol. The maximum atomic E-state index is 5.42. The maximum Gasteiger partial charge on any atom is 0.0630 e. The number of hydrogen-bond donors (Lipinski definition) is 1. The number of hydrogen-bond acceptors (Lipinski definition) is 3. The Morgan fingerprint density at radius 3 is 2.33 bits per heavy atom. The Bertz CT molecular complexity index is 223. The highest BCUT2D eigenvalue weighted by Gasteiger charge is 2.26. The molecule has 0 aromatic carbocycles. The van der Waals surface area contributed by atoms with Crippen molar-refractivity contribution in [1.29, 1.82) is 0 Å². The minimum atomic E-state index is 0.540. The number of methoxy groups -OCH3 is 1. The van der Waals surface area contributed by atoms with E-state index in [0.29, 0.717) is 6.04 Å². The summed E-state index contributed by atoms with van der Waals surface area (Å²) in [5.41, 5.74) is 0. The van der Waals surface area contributed by atoms with Crippen LogP contribution in [0, 0.1) is 0 Å². The molecule has 0 aliphatic heterocycles. The van der Waals surface area contributed by atoms with Crippen LogP contribution in [-0.4, -0.2) is 50.3 Å². The molecule has 0 amide bonds. The number of nitrogens with one attached hydrogen (secondary N) is 1. The molecule has 2 aliphatic carbocycles. The molecule has 2 aliphatic rings. The number of rotatable bonds is 7. The van der Waals surface area contributed by atoms with Crippen LogP contribution in [0.5, 0.6) is 0 Å². The molecule has 2 rings (SSSR count). The highest BCUT2D eigenvalue weighted by molar-refractivity contribution is 4.85. The van der Waals surface area contributed by atoms with Crippen molar-refractivity contribution in [3.63, 3.8) is 0 Å². The second-order valence-electron chi connectivity index (χ2n) is 6.10. The van der Waals surface area contributed by atoms with Gasteiger partial charge in [-0.05, 0) is 32.7 Å². The minimum Gasteiger partial charge on any atom is -0.383 e. The van der Waals surface area contributed by atoms with Crippen LogP contribution in [0.25, 0.3) is 0 Å². The van der Waals surface area contributed by atoms with Gasteiger partial charge in [0.15, 0.2) is 0 Å². The number of nitrogens with zero attached hydrogens (tertiary/aromatic N) is 1. The second-order valence-corrected chi connectivity index (χ2v) is 6.10. The molecule has 3 nitrogen and oxygen atoms in total. The molecule has 2 saturated carbocycles. The summed E-state index contributed by atoms with van der Waals surface area (Å²) in [6, 6.07) is 2.11. The summed E-state index contributed by atoms with van der Waals surface area (Å²) >= 11 is 0. The Morgan fingerprint density at radius 2 is 1.78 bits per heavy atom. The third kappa shape index (κ3) is 4.52. The van der Waals surface area contributed by atoms with Crippen LogP contribution < -0.4 is 5.32 Å². The molecule has 0 saturated heterocycles. The van der Waals surface area contributed by atoms with E-state index in [4.69, 9.17) is 4.74 Å². The highest BCUT2D eigenvalue weighted by Crippen LogP contribution is 2.23. The number of ether oxygens (including phenoxy) is 1. The summed E-state index contributed by atoms with van der Waals surface area (Å²) in [6.07, 6.45) is 11.2. The third-order valence-corrected chi connectivity index (χ3v) is 4.56. The van der Waals surface area contributed by atoms with Gasteiger partial charge in [0.1, 0.15) is 0 Å². The van der Waals surface area contributed by atoms with Crippen LogP contribution in [0.4, 0.5) is 0 Å². The lowest BCUT2D eigenvalue weighted by atomic mass is 10.1. The highest BCUT2D eigenvalue weighted by atomic mass is 16.5. The molecule has 0 radical (unpaired) electrons. The molecule has 106 valence electrons. The van der Waals surface area contributed by atoms with Gasteiger partial charge in [-0.15, -0.1) is 0 Å². The van der Waals surface area contributed by atoms with E-state index in [0.717, 1.165) is 25.2 Å². The molecule has 18 heavy (non-hydrogen) atoms. The fraction of sp³-hybridized carbons (Fsp3) is 1.00.